The molecule has 0 N–H and O–H groups in total. The Morgan fingerprint density at radius 1 is 1.62 bits per heavy atom. The zero-order valence-electron chi connectivity index (χ0n) is 4.46. The molecule has 1 heterocycles. The first-order chi connectivity index (χ1) is 3.80. The first-order valence-corrected chi connectivity index (χ1v) is 2.25. The Kier molecular flexibility index (Phi) is 1.12. The van der Waals surface area contributed by atoms with Crippen molar-refractivity contribution in [3.63, 3.8) is 0 Å². The molecule has 3 nitrogen and oxygen atoms in total. The largest absolute Gasteiger partial charge is 0.291 e. The minimum atomic E-state index is -0.0880. The molecule has 1 aliphatic rings. The maximum Gasteiger partial charge on any atom is 0.196 e. The average molecular weight is 109 g/mol. The number of Topliss-reactive ketones (excluding diaryl/α,β-unsaturated/α-hetero) is 1. The Labute approximate surface area is 47.1 Å². The van der Waals surface area contributed by atoms with Gasteiger partial charge in [-0.05, 0) is 0 Å². The number of ketones is 1. The van der Waals surface area contributed by atoms with Gasteiger partial charge in [0.15, 0.2) is 11.6 Å². The molecule has 0 aliphatic carbocycles. The number of carbonyl (C=O) groups excluding carboxylic acids is 1. The van der Waals surface area contributed by atoms with Gasteiger partial charge in [-0.1, -0.05) is 0 Å². The molecule has 0 saturated heterocycles. The number of rotatable bonds is 1. The molecule has 0 amide bonds. The third-order valence-electron chi connectivity index (χ3n) is 0.775. The second kappa shape index (κ2) is 1.78. The molecule has 0 atom stereocenters. The summed E-state index contributed by atoms with van der Waals surface area (Å²) in [4.78, 5) is 14.0. The molecular weight excluding hydrogens is 104 g/mol. The topological polar surface area (TPSA) is 43.5 Å². The van der Waals surface area contributed by atoms with Gasteiger partial charge in [-0.25, -0.2) is 10.3 Å². The monoisotopic (exact) mass is 109 g/mol. The zero-order chi connectivity index (χ0) is 5.98. The van der Waals surface area contributed by atoms with E-state index in [0.717, 1.165) is 0 Å². The highest BCUT2D eigenvalue weighted by atomic mass is 16.1. The van der Waals surface area contributed by atoms with Crippen molar-refractivity contribution in [1.82, 2.24) is 5.32 Å². The average Bonchev–Trinajstić information content (AvgIpc) is 2.12. The minimum Gasteiger partial charge on any atom is -0.291 e. The highest BCUT2D eigenvalue weighted by Gasteiger charge is 2.05. The molecule has 1 aliphatic heterocycles. The number of aliphatic imine (C=N–C) groups is 1. The predicted octanol–water partition coefficient (Wildman–Crippen LogP) is 0.0631. The van der Waals surface area contributed by atoms with Crippen molar-refractivity contribution in [2.45, 2.75) is 6.92 Å². The van der Waals surface area contributed by atoms with Crippen LogP contribution < -0.4 is 5.32 Å². The Morgan fingerprint density at radius 3 is 2.62 bits per heavy atom. The van der Waals surface area contributed by atoms with Crippen molar-refractivity contribution in [2.75, 3.05) is 0 Å². The van der Waals surface area contributed by atoms with Crippen LogP contribution in [0.25, 0.3) is 0 Å². The summed E-state index contributed by atoms with van der Waals surface area (Å²) in [6.07, 6.45) is 2.99. The van der Waals surface area contributed by atoms with E-state index in [4.69, 9.17) is 0 Å². The molecule has 0 aromatic rings. The van der Waals surface area contributed by atoms with E-state index in [-0.39, 0.29) is 5.78 Å². The summed E-state index contributed by atoms with van der Waals surface area (Å²) >= 11 is 0. The quantitative estimate of drug-likeness (QED) is 0.469. The molecule has 0 fully saturated rings. The van der Waals surface area contributed by atoms with Crippen molar-refractivity contribution < 1.29 is 4.79 Å². The summed E-state index contributed by atoms with van der Waals surface area (Å²) in [6.45, 7) is 1.44. The molecule has 1 radical (unpaired) electrons. The molecular formula is C5H5N2O. The fraction of sp³-hybridized carbons (Fsp3) is 0.200. The van der Waals surface area contributed by atoms with Gasteiger partial charge in [0.2, 0.25) is 0 Å². The van der Waals surface area contributed by atoms with Crippen molar-refractivity contribution in [2.24, 2.45) is 4.99 Å². The van der Waals surface area contributed by atoms with Crippen molar-refractivity contribution >= 4 is 11.6 Å². The van der Waals surface area contributed by atoms with Gasteiger partial charge in [-0.3, -0.25) is 4.79 Å². The lowest BCUT2D eigenvalue weighted by atomic mass is 10.4. The second-order valence-corrected chi connectivity index (χ2v) is 1.44. The maximum atomic E-state index is 10.4. The highest BCUT2D eigenvalue weighted by molar-refractivity contribution is 6.38. The van der Waals surface area contributed by atoms with Crippen LogP contribution in [0.5, 0.6) is 0 Å². The fourth-order valence-corrected chi connectivity index (χ4v) is 0.423. The van der Waals surface area contributed by atoms with Crippen LogP contribution in [0.1, 0.15) is 6.92 Å². The molecule has 0 saturated carbocycles. The molecule has 0 spiro atoms. The molecule has 0 aromatic heterocycles. The fourth-order valence-electron chi connectivity index (χ4n) is 0.423. The Bertz CT molecular complexity index is 169. The van der Waals surface area contributed by atoms with Crippen LogP contribution in [0, 0.1) is 0 Å². The predicted molar refractivity (Wildman–Crippen MR) is 29.4 cm³/mol. The summed E-state index contributed by atoms with van der Waals surface area (Å²) in [5, 5.41) is 3.66. The van der Waals surface area contributed by atoms with E-state index in [9.17, 15) is 4.79 Å². The lowest BCUT2D eigenvalue weighted by molar-refractivity contribution is -0.111. The minimum absolute atomic E-state index is 0.0880. The van der Waals surface area contributed by atoms with Crippen molar-refractivity contribution in [3.05, 3.63) is 12.4 Å². The molecule has 1 rings (SSSR count). The van der Waals surface area contributed by atoms with Gasteiger partial charge in [0.05, 0.1) is 0 Å². The van der Waals surface area contributed by atoms with Crippen molar-refractivity contribution in [3.8, 4) is 0 Å². The number of amidine groups is 1. The standard InChI is InChI=1S/C5H5N2O/c1-4(8)5-6-2-3-7-5/h2-3H,1H3. The van der Waals surface area contributed by atoms with Crippen LogP contribution in [0.4, 0.5) is 0 Å². The van der Waals surface area contributed by atoms with Gasteiger partial charge < -0.3 is 0 Å². The van der Waals surface area contributed by atoms with E-state index in [1.54, 1.807) is 0 Å². The van der Waals surface area contributed by atoms with Gasteiger partial charge in [0.1, 0.15) is 0 Å². The molecule has 0 bridgehead atoms. The lowest BCUT2D eigenvalue weighted by Crippen LogP contribution is -2.15. The van der Waals surface area contributed by atoms with Gasteiger partial charge in [0.25, 0.3) is 0 Å². The van der Waals surface area contributed by atoms with Gasteiger partial charge in [-0.15, -0.1) is 0 Å². The third kappa shape index (κ3) is 0.753. The Balaban J connectivity index is 2.64. The van der Waals surface area contributed by atoms with Crippen LogP contribution in [0.3, 0.4) is 0 Å². The molecule has 3 heteroatoms. The van der Waals surface area contributed by atoms with Crippen LogP contribution in [-0.2, 0) is 4.79 Å². The second-order valence-electron chi connectivity index (χ2n) is 1.44. The summed E-state index contributed by atoms with van der Waals surface area (Å²) in [7, 11) is 0. The Hall–Kier alpha value is -1.12. The van der Waals surface area contributed by atoms with E-state index in [0.29, 0.717) is 5.84 Å². The van der Waals surface area contributed by atoms with E-state index in [1.807, 2.05) is 0 Å². The summed E-state index contributed by atoms with van der Waals surface area (Å²) < 4.78 is 0. The zero-order valence-corrected chi connectivity index (χ0v) is 4.46. The molecule has 8 heavy (non-hydrogen) atoms. The van der Waals surface area contributed by atoms with Crippen molar-refractivity contribution in [1.29, 1.82) is 0 Å². The van der Waals surface area contributed by atoms with Gasteiger partial charge >= 0.3 is 0 Å². The summed E-state index contributed by atoms with van der Waals surface area (Å²) in [6, 6.07) is 0. The summed E-state index contributed by atoms with van der Waals surface area (Å²) in [5.74, 6) is 0.208. The van der Waals surface area contributed by atoms with Crippen LogP contribution in [-0.4, -0.2) is 11.6 Å². The first kappa shape index (κ1) is 5.03. The van der Waals surface area contributed by atoms with E-state index in [1.165, 1.54) is 19.3 Å². The SMILES string of the molecule is CC(=O)C1=NC=C[N]1. The van der Waals surface area contributed by atoms with E-state index < -0.39 is 0 Å². The van der Waals surface area contributed by atoms with Crippen LogP contribution in [0.15, 0.2) is 17.4 Å². The highest BCUT2D eigenvalue weighted by Crippen LogP contribution is 1.88. The van der Waals surface area contributed by atoms with Gasteiger partial charge in [0, 0.05) is 19.3 Å². The smallest absolute Gasteiger partial charge is 0.196 e. The lowest BCUT2D eigenvalue weighted by Gasteiger charge is -1.86. The number of nitrogens with zero attached hydrogens (tertiary/aromatic N) is 2. The van der Waals surface area contributed by atoms with E-state index >= 15 is 0 Å². The van der Waals surface area contributed by atoms with E-state index in [2.05, 4.69) is 10.3 Å². The number of hydrogen-bond donors (Lipinski definition) is 0. The third-order valence-corrected chi connectivity index (χ3v) is 0.775. The first-order valence-electron chi connectivity index (χ1n) is 2.25. The number of hydrogen-bond acceptors (Lipinski definition) is 2. The maximum absolute atomic E-state index is 10.4. The number of carbonyl (C=O) groups is 1. The molecule has 0 aromatic carbocycles. The normalized spacial score (nSPS) is 15.4. The van der Waals surface area contributed by atoms with Crippen LogP contribution in [0.2, 0.25) is 0 Å². The molecule has 0 unspecified atom stereocenters. The Morgan fingerprint density at radius 2 is 2.38 bits per heavy atom. The summed E-state index contributed by atoms with van der Waals surface area (Å²) in [5.41, 5.74) is 0. The van der Waals surface area contributed by atoms with Gasteiger partial charge in [-0.2, -0.15) is 0 Å². The van der Waals surface area contributed by atoms with Crippen LogP contribution >= 0.6 is 0 Å². The molecule has 41 valence electrons.